The fourth-order valence-electron chi connectivity index (χ4n) is 1.14. The lowest BCUT2D eigenvalue weighted by atomic mass is 10.2. The van der Waals surface area contributed by atoms with Gasteiger partial charge in [-0.25, -0.2) is 0 Å². The van der Waals surface area contributed by atoms with Crippen LogP contribution in [0.3, 0.4) is 0 Å². The van der Waals surface area contributed by atoms with E-state index in [1.165, 1.54) is 5.56 Å². The second-order valence-corrected chi connectivity index (χ2v) is 3.26. The molecular weight excluding hydrogens is 174 g/mol. The van der Waals surface area contributed by atoms with Gasteiger partial charge in [-0.3, -0.25) is 4.99 Å². The van der Waals surface area contributed by atoms with Crippen LogP contribution in [0.2, 0.25) is 0 Å². The number of benzene rings is 1. The van der Waals surface area contributed by atoms with Crippen molar-refractivity contribution < 1.29 is 0 Å². The third-order valence-corrected chi connectivity index (χ3v) is 1.80. The maximum Gasteiger partial charge on any atom is 0.193 e. The molecule has 0 aliphatic heterocycles. The standard InChI is InChI=1S/C11H17N3/c1-3-7-13-11(12)14-10-6-4-5-9(2)8-10/h4-6,8H,3,7H2,1-2H3,(H3,12,13,14). The Labute approximate surface area is 85.0 Å². The van der Waals surface area contributed by atoms with Gasteiger partial charge in [-0.15, -0.1) is 0 Å². The van der Waals surface area contributed by atoms with E-state index in [2.05, 4.69) is 17.2 Å². The normalized spacial score (nSPS) is 11.4. The van der Waals surface area contributed by atoms with E-state index in [-0.39, 0.29) is 0 Å². The quantitative estimate of drug-likeness (QED) is 0.568. The molecule has 0 aromatic heterocycles. The zero-order valence-electron chi connectivity index (χ0n) is 8.75. The zero-order chi connectivity index (χ0) is 10.4. The van der Waals surface area contributed by atoms with Gasteiger partial charge >= 0.3 is 0 Å². The predicted octanol–water partition coefficient (Wildman–Crippen LogP) is 2.13. The topological polar surface area (TPSA) is 50.4 Å². The van der Waals surface area contributed by atoms with Gasteiger partial charge in [0.2, 0.25) is 0 Å². The van der Waals surface area contributed by atoms with Gasteiger partial charge in [0.05, 0.1) is 0 Å². The summed E-state index contributed by atoms with van der Waals surface area (Å²) in [5, 5.41) is 3.05. The highest BCUT2D eigenvalue weighted by molar-refractivity contribution is 5.92. The first kappa shape index (κ1) is 10.6. The van der Waals surface area contributed by atoms with E-state index in [1.807, 2.05) is 31.2 Å². The van der Waals surface area contributed by atoms with Crippen molar-refractivity contribution in [3.8, 4) is 0 Å². The summed E-state index contributed by atoms with van der Waals surface area (Å²) in [6.45, 7) is 4.89. The molecule has 0 atom stereocenters. The van der Waals surface area contributed by atoms with Gasteiger partial charge in [-0.05, 0) is 31.0 Å². The number of rotatable bonds is 3. The van der Waals surface area contributed by atoms with E-state index in [4.69, 9.17) is 5.73 Å². The average molecular weight is 191 g/mol. The second kappa shape index (κ2) is 5.27. The summed E-state index contributed by atoms with van der Waals surface area (Å²) >= 11 is 0. The van der Waals surface area contributed by atoms with Crippen molar-refractivity contribution in [2.45, 2.75) is 20.3 Å². The molecule has 1 aromatic carbocycles. The van der Waals surface area contributed by atoms with Crippen molar-refractivity contribution in [3.63, 3.8) is 0 Å². The maximum absolute atomic E-state index is 5.68. The average Bonchev–Trinajstić information content (AvgIpc) is 2.15. The summed E-state index contributed by atoms with van der Waals surface area (Å²) in [5.74, 6) is 0.484. The molecule has 1 aromatic rings. The van der Waals surface area contributed by atoms with Crippen molar-refractivity contribution in [3.05, 3.63) is 29.8 Å². The van der Waals surface area contributed by atoms with Crippen LogP contribution in [0, 0.1) is 6.92 Å². The Morgan fingerprint density at radius 3 is 2.93 bits per heavy atom. The second-order valence-electron chi connectivity index (χ2n) is 3.26. The Morgan fingerprint density at radius 1 is 1.50 bits per heavy atom. The van der Waals surface area contributed by atoms with Crippen LogP contribution < -0.4 is 11.1 Å². The molecule has 0 radical (unpaired) electrons. The highest BCUT2D eigenvalue weighted by atomic mass is 15.1. The number of hydrogen-bond acceptors (Lipinski definition) is 1. The molecule has 14 heavy (non-hydrogen) atoms. The Kier molecular flexibility index (Phi) is 3.98. The van der Waals surface area contributed by atoms with E-state index in [0.717, 1.165) is 18.7 Å². The largest absolute Gasteiger partial charge is 0.370 e. The smallest absolute Gasteiger partial charge is 0.193 e. The molecule has 1 rings (SSSR count). The monoisotopic (exact) mass is 191 g/mol. The molecule has 3 heteroatoms. The van der Waals surface area contributed by atoms with E-state index >= 15 is 0 Å². The summed E-state index contributed by atoms with van der Waals surface area (Å²) in [5.41, 5.74) is 7.88. The van der Waals surface area contributed by atoms with E-state index in [9.17, 15) is 0 Å². The number of hydrogen-bond donors (Lipinski definition) is 2. The van der Waals surface area contributed by atoms with E-state index in [0.29, 0.717) is 5.96 Å². The zero-order valence-corrected chi connectivity index (χ0v) is 8.75. The first-order chi connectivity index (χ1) is 6.72. The molecule has 76 valence electrons. The number of aryl methyl sites for hydroxylation is 1. The van der Waals surface area contributed by atoms with Gasteiger partial charge in [0.1, 0.15) is 0 Å². The van der Waals surface area contributed by atoms with Gasteiger partial charge < -0.3 is 11.1 Å². The SMILES string of the molecule is CCCN=C(N)Nc1cccc(C)c1. The molecule has 0 bridgehead atoms. The lowest BCUT2D eigenvalue weighted by Crippen LogP contribution is -2.22. The van der Waals surface area contributed by atoms with Crippen molar-refractivity contribution in [2.75, 3.05) is 11.9 Å². The first-order valence-electron chi connectivity index (χ1n) is 4.86. The van der Waals surface area contributed by atoms with E-state index in [1.54, 1.807) is 0 Å². The molecule has 0 spiro atoms. The molecule has 0 amide bonds. The van der Waals surface area contributed by atoms with Crippen molar-refractivity contribution in [1.82, 2.24) is 0 Å². The van der Waals surface area contributed by atoms with Crippen molar-refractivity contribution in [2.24, 2.45) is 10.7 Å². The van der Waals surface area contributed by atoms with Crippen LogP contribution in [0.25, 0.3) is 0 Å². The first-order valence-corrected chi connectivity index (χ1v) is 4.86. The number of nitrogens with zero attached hydrogens (tertiary/aromatic N) is 1. The summed E-state index contributed by atoms with van der Waals surface area (Å²) in [6.07, 6.45) is 1.01. The molecule has 0 saturated heterocycles. The lowest BCUT2D eigenvalue weighted by Gasteiger charge is -2.05. The molecule has 0 fully saturated rings. The van der Waals surface area contributed by atoms with Gasteiger partial charge in [0, 0.05) is 12.2 Å². The Morgan fingerprint density at radius 2 is 2.29 bits per heavy atom. The fourth-order valence-corrected chi connectivity index (χ4v) is 1.14. The predicted molar refractivity (Wildman–Crippen MR) is 61.6 cm³/mol. The number of nitrogens with one attached hydrogen (secondary N) is 1. The Balaban J connectivity index is 2.60. The van der Waals surface area contributed by atoms with Crippen LogP contribution in [0.4, 0.5) is 5.69 Å². The van der Waals surface area contributed by atoms with Gasteiger partial charge in [0.15, 0.2) is 5.96 Å². The molecule has 0 heterocycles. The number of aliphatic imine (C=N–C) groups is 1. The Bertz CT molecular complexity index is 318. The molecule has 0 aliphatic rings. The molecular formula is C11H17N3. The van der Waals surface area contributed by atoms with Crippen LogP contribution in [-0.2, 0) is 0 Å². The molecule has 0 aliphatic carbocycles. The van der Waals surface area contributed by atoms with Gasteiger partial charge in [-0.1, -0.05) is 19.1 Å². The lowest BCUT2D eigenvalue weighted by molar-refractivity contribution is 0.929. The van der Waals surface area contributed by atoms with Crippen molar-refractivity contribution in [1.29, 1.82) is 0 Å². The minimum absolute atomic E-state index is 0.484. The number of guanidine groups is 1. The highest BCUT2D eigenvalue weighted by Gasteiger charge is 1.93. The number of anilines is 1. The summed E-state index contributed by atoms with van der Waals surface area (Å²) in [4.78, 5) is 4.15. The fraction of sp³-hybridized carbons (Fsp3) is 0.364. The molecule has 3 N–H and O–H groups in total. The van der Waals surface area contributed by atoms with Crippen LogP contribution in [-0.4, -0.2) is 12.5 Å². The third-order valence-electron chi connectivity index (χ3n) is 1.80. The van der Waals surface area contributed by atoms with E-state index < -0.39 is 0 Å². The summed E-state index contributed by atoms with van der Waals surface area (Å²) in [6, 6.07) is 8.05. The van der Waals surface area contributed by atoms with Crippen LogP contribution in [0.15, 0.2) is 29.3 Å². The van der Waals surface area contributed by atoms with Gasteiger partial charge in [-0.2, -0.15) is 0 Å². The number of nitrogens with two attached hydrogens (primary N) is 1. The highest BCUT2D eigenvalue weighted by Crippen LogP contribution is 2.08. The summed E-state index contributed by atoms with van der Waals surface area (Å²) < 4.78 is 0. The molecule has 0 unspecified atom stereocenters. The Hall–Kier alpha value is -1.51. The van der Waals surface area contributed by atoms with Crippen LogP contribution in [0.1, 0.15) is 18.9 Å². The minimum atomic E-state index is 0.484. The molecule has 3 nitrogen and oxygen atoms in total. The minimum Gasteiger partial charge on any atom is -0.370 e. The maximum atomic E-state index is 5.68. The van der Waals surface area contributed by atoms with Crippen LogP contribution in [0.5, 0.6) is 0 Å². The summed E-state index contributed by atoms with van der Waals surface area (Å²) in [7, 11) is 0. The van der Waals surface area contributed by atoms with Crippen LogP contribution >= 0.6 is 0 Å². The van der Waals surface area contributed by atoms with Crippen molar-refractivity contribution >= 4 is 11.6 Å². The van der Waals surface area contributed by atoms with Gasteiger partial charge in [0.25, 0.3) is 0 Å². The third kappa shape index (κ3) is 3.47. The molecule has 0 saturated carbocycles.